The monoisotopic (exact) mass is 494 g/mol. The summed E-state index contributed by atoms with van der Waals surface area (Å²) in [7, 11) is 0. The van der Waals surface area contributed by atoms with Gasteiger partial charge >= 0.3 is 0 Å². The molecule has 2 aliphatic rings. The lowest BCUT2D eigenvalue weighted by molar-refractivity contribution is -0.158. The van der Waals surface area contributed by atoms with E-state index >= 15 is 0 Å². The molecule has 0 unspecified atom stereocenters. The lowest BCUT2D eigenvalue weighted by Crippen LogP contribution is -2.55. The number of aliphatic hydroxyl groups is 1. The van der Waals surface area contributed by atoms with Crippen molar-refractivity contribution in [3.8, 4) is 0 Å². The highest BCUT2D eigenvalue weighted by Crippen LogP contribution is 2.29. The van der Waals surface area contributed by atoms with E-state index in [1.54, 1.807) is 12.1 Å². The van der Waals surface area contributed by atoms with E-state index in [-0.39, 0.29) is 62.4 Å². The molecule has 2 aromatic carbocycles. The number of nitrogens with zero attached hydrogens (tertiary/aromatic N) is 1. The summed E-state index contributed by atoms with van der Waals surface area (Å²) in [5.41, 5.74) is 1.19. The number of halogens is 3. The van der Waals surface area contributed by atoms with Gasteiger partial charge in [-0.05, 0) is 48.7 Å². The Morgan fingerprint density at radius 1 is 1.15 bits per heavy atom. The molecule has 34 heavy (non-hydrogen) atoms. The highest BCUT2D eigenvalue weighted by molar-refractivity contribution is 6.30. The van der Waals surface area contributed by atoms with Gasteiger partial charge in [-0.2, -0.15) is 0 Å². The van der Waals surface area contributed by atoms with Crippen molar-refractivity contribution in [1.82, 2.24) is 10.2 Å². The third-order valence-electron chi connectivity index (χ3n) is 6.28. The van der Waals surface area contributed by atoms with E-state index in [9.17, 15) is 18.7 Å². The first-order valence-electron chi connectivity index (χ1n) is 11.5. The number of carbonyl (C=O) groups is 1. The van der Waals surface area contributed by atoms with Crippen LogP contribution in [0, 0.1) is 11.6 Å². The van der Waals surface area contributed by atoms with Crippen LogP contribution in [-0.2, 0) is 27.4 Å². The lowest BCUT2D eigenvalue weighted by Gasteiger charge is -2.44. The maximum atomic E-state index is 14.3. The van der Waals surface area contributed by atoms with E-state index in [1.807, 2.05) is 17.0 Å². The molecule has 2 aromatic rings. The predicted molar refractivity (Wildman–Crippen MR) is 123 cm³/mol. The minimum atomic E-state index is -0.742. The number of benzene rings is 2. The number of rotatable bonds is 6. The van der Waals surface area contributed by atoms with Gasteiger partial charge in [0.1, 0.15) is 11.6 Å². The summed E-state index contributed by atoms with van der Waals surface area (Å²) in [4.78, 5) is 14.4. The fourth-order valence-electron chi connectivity index (χ4n) is 4.59. The maximum absolute atomic E-state index is 14.3. The number of ether oxygens (including phenoxy) is 2. The number of amides is 1. The Kier molecular flexibility index (Phi) is 8.50. The molecular formula is C25H29ClF2N2O4. The third-order valence-corrected chi connectivity index (χ3v) is 6.54. The minimum Gasteiger partial charge on any atom is -0.389 e. The van der Waals surface area contributed by atoms with E-state index in [0.717, 1.165) is 17.7 Å². The minimum absolute atomic E-state index is 0.112. The van der Waals surface area contributed by atoms with Crippen LogP contribution in [0.15, 0.2) is 42.5 Å². The summed E-state index contributed by atoms with van der Waals surface area (Å²) in [5, 5.41) is 13.8. The van der Waals surface area contributed by atoms with Crippen LogP contribution >= 0.6 is 11.6 Å². The molecule has 2 aliphatic heterocycles. The number of nitrogens with one attached hydrogen (secondary N) is 1. The fraction of sp³-hybridized carbons (Fsp3) is 0.480. The van der Waals surface area contributed by atoms with Crippen LogP contribution in [-0.4, -0.2) is 60.0 Å². The molecule has 2 fully saturated rings. The molecule has 1 amide bonds. The molecular weight excluding hydrogens is 466 g/mol. The van der Waals surface area contributed by atoms with Gasteiger partial charge in [0, 0.05) is 36.3 Å². The first-order chi connectivity index (χ1) is 16.4. The van der Waals surface area contributed by atoms with E-state index in [1.165, 1.54) is 6.07 Å². The van der Waals surface area contributed by atoms with Crippen LogP contribution in [0.4, 0.5) is 8.78 Å². The van der Waals surface area contributed by atoms with Crippen molar-refractivity contribution in [2.45, 2.75) is 56.7 Å². The number of carbonyl (C=O) groups excluding carboxylic acids is 1. The number of β-amino-alcohol motifs (C(OH)–C–C–N with tert-alkyl or cyclic N) is 1. The number of hydrogen-bond acceptors (Lipinski definition) is 5. The fourth-order valence-corrected chi connectivity index (χ4v) is 4.72. The Labute approximate surface area is 202 Å². The Morgan fingerprint density at radius 3 is 2.74 bits per heavy atom. The Hall–Kier alpha value is -2.10. The molecule has 0 aromatic heterocycles. The van der Waals surface area contributed by atoms with Gasteiger partial charge in [-0.25, -0.2) is 8.78 Å². The Bertz CT molecular complexity index is 978. The zero-order valence-corrected chi connectivity index (χ0v) is 19.5. The predicted octanol–water partition coefficient (Wildman–Crippen LogP) is 3.43. The zero-order chi connectivity index (χ0) is 24.1. The largest absolute Gasteiger partial charge is 0.389 e. The van der Waals surface area contributed by atoms with Crippen molar-refractivity contribution in [1.29, 1.82) is 0 Å². The normalized spacial score (nSPS) is 25.8. The molecule has 6 nitrogen and oxygen atoms in total. The van der Waals surface area contributed by atoms with Gasteiger partial charge in [0.2, 0.25) is 5.91 Å². The van der Waals surface area contributed by atoms with Gasteiger partial charge in [-0.1, -0.05) is 23.7 Å². The number of hydrogen-bond donors (Lipinski definition) is 2. The van der Waals surface area contributed by atoms with Gasteiger partial charge in [0.25, 0.3) is 0 Å². The van der Waals surface area contributed by atoms with Crippen molar-refractivity contribution < 1.29 is 28.2 Å². The quantitative estimate of drug-likeness (QED) is 0.644. The van der Waals surface area contributed by atoms with Crippen molar-refractivity contribution in [3.63, 3.8) is 0 Å². The van der Waals surface area contributed by atoms with Crippen LogP contribution in [0.5, 0.6) is 0 Å². The van der Waals surface area contributed by atoms with Crippen LogP contribution in [0.25, 0.3) is 0 Å². The molecule has 0 saturated carbocycles. The molecule has 0 aliphatic carbocycles. The summed E-state index contributed by atoms with van der Waals surface area (Å²) in [6.45, 7) is 1.20. The topological polar surface area (TPSA) is 71.0 Å². The van der Waals surface area contributed by atoms with E-state index < -0.39 is 17.7 Å². The molecule has 0 bridgehead atoms. The average molecular weight is 495 g/mol. The molecule has 0 spiro atoms. The van der Waals surface area contributed by atoms with Gasteiger partial charge in [0.05, 0.1) is 37.9 Å². The first kappa shape index (κ1) is 25.0. The summed E-state index contributed by atoms with van der Waals surface area (Å²) in [6, 6.07) is 10.5. The highest BCUT2D eigenvalue weighted by Gasteiger charge is 2.38. The molecule has 2 heterocycles. The average Bonchev–Trinajstić information content (AvgIpc) is 2.80. The van der Waals surface area contributed by atoms with E-state index in [2.05, 4.69) is 5.32 Å². The molecule has 184 valence electrons. The van der Waals surface area contributed by atoms with Gasteiger partial charge in [-0.15, -0.1) is 0 Å². The molecule has 9 heteroatoms. The number of aliphatic hydroxyl groups excluding tert-OH is 1. The van der Waals surface area contributed by atoms with Crippen LogP contribution in [0.3, 0.4) is 0 Å². The summed E-state index contributed by atoms with van der Waals surface area (Å²) in [5.74, 6) is -1.11. The maximum Gasteiger partial charge on any atom is 0.222 e. The molecule has 4 atom stereocenters. The number of fused-ring (bicyclic) bond motifs is 1. The second-order valence-corrected chi connectivity index (χ2v) is 9.34. The smallest absolute Gasteiger partial charge is 0.222 e. The van der Waals surface area contributed by atoms with Crippen molar-refractivity contribution in [2.24, 2.45) is 0 Å². The SMILES string of the molecule is O=C(C[C@H]1CC[C@@H]2[C@H](COC[C@@H](O)CN2Cc2cc(F)ccc2F)O1)NCc1ccc(Cl)cc1. The second-order valence-electron chi connectivity index (χ2n) is 8.91. The Morgan fingerprint density at radius 2 is 1.94 bits per heavy atom. The zero-order valence-electron chi connectivity index (χ0n) is 18.8. The second kappa shape index (κ2) is 11.6. The van der Waals surface area contributed by atoms with Gasteiger partial charge in [0.15, 0.2) is 0 Å². The molecule has 2 saturated heterocycles. The molecule has 2 N–H and O–H groups in total. The standard InChI is InChI=1S/C25H29ClF2N2O4/c26-18-3-1-16(2-4-18)11-29-25(32)10-21-6-8-23-24(34-21)15-33-14-20(31)13-30(23)12-17-9-19(27)5-7-22(17)28/h1-5,7,9,20-21,23-24,31H,6,8,10-15H2,(H,29,32)/t20-,21+,23+,24-/m0/s1. The lowest BCUT2D eigenvalue weighted by atomic mass is 9.94. The van der Waals surface area contributed by atoms with Crippen LogP contribution in [0.2, 0.25) is 5.02 Å². The van der Waals surface area contributed by atoms with Crippen molar-refractivity contribution >= 4 is 17.5 Å². The third kappa shape index (κ3) is 6.73. The molecule has 4 rings (SSSR count). The summed E-state index contributed by atoms with van der Waals surface area (Å²) >= 11 is 5.89. The Balaban J connectivity index is 1.36. The van der Waals surface area contributed by atoms with Gasteiger partial charge < -0.3 is 19.9 Å². The van der Waals surface area contributed by atoms with Crippen molar-refractivity contribution in [3.05, 3.63) is 70.2 Å². The van der Waals surface area contributed by atoms with Gasteiger partial charge in [-0.3, -0.25) is 9.69 Å². The van der Waals surface area contributed by atoms with E-state index in [4.69, 9.17) is 21.1 Å². The first-order valence-corrected chi connectivity index (χ1v) is 11.9. The highest BCUT2D eigenvalue weighted by atomic mass is 35.5. The van der Waals surface area contributed by atoms with Crippen LogP contribution in [0.1, 0.15) is 30.4 Å². The molecule has 0 radical (unpaired) electrons. The van der Waals surface area contributed by atoms with Crippen LogP contribution < -0.4 is 5.32 Å². The summed E-state index contributed by atoms with van der Waals surface area (Å²) < 4.78 is 39.8. The van der Waals surface area contributed by atoms with Crippen molar-refractivity contribution in [2.75, 3.05) is 19.8 Å². The summed E-state index contributed by atoms with van der Waals surface area (Å²) in [6.07, 6.45) is 0.187. The van der Waals surface area contributed by atoms with E-state index in [0.29, 0.717) is 24.4 Å².